The number of aromatic nitrogens is 1. The van der Waals surface area contributed by atoms with E-state index >= 15 is 0 Å². The lowest BCUT2D eigenvalue weighted by molar-refractivity contribution is -0.123. The van der Waals surface area contributed by atoms with Gasteiger partial charge in [-0.2, -0.15) is 0 Å². The molecule has 2 aromatic carbocycles. The molecule has 1 aromatic heterocycles. The summed E-state index contributed by atoms with van der Waals surface area (Å²) in [6.07, 6.45) is 2.03. The second kappa shape index (κ2) is 9.47. The summed E-state index contributed by atoms with van der Waals surface area (Å²) < 4.78 is 31.4. The highest BCUT2D eigenvalue weighted by molar-refractivity contribution is 7.89. The van der Waals surface area contributed by atoms with Crippen molar-refractivity contribution < 1.29 is 22.7 Å². The van der Waals surface area contributed by atoms with E-state index in [1.54, 1.807) is 19.1 Å². The lowest BCUT2D eigenvalue weighted by Gasteiger charge is -2.18. The molecule has 8 nitrogen and oxygen atoms in total. The van der Waals surface area contributed by atoms with Crippen molar-refractivity contribution in [1.29, 1.82) is 0 Å². The lowest BCUT2D eigenvalue weighted by atomic mass is 9.87. The number of aryl methyl sites for hydroxylation is 2. The maximum Gasteiger partial charge on any atom is 0.338 e. The summed E-state index contributed by atoms with van der Waals surface area (Å²) in [7, 11) is -0.775. The average molecular weight is 498 g/mol. The van der Waals surface area contributed by atoms with Gasteiger partial charge in [-0.15, -0.1) is 0 Å². The molecular weight excluding hydrogens is 466 g/mol. The Kier molecular flexibility index (Phi) is 6.75. The predicted molar refractivity (Wildman–Crippen MR) is 135 cm³/mol. The second-order valence-corrected chi connectivity index (χ2v) is 11.6. The van der Waals surface area contributed by atoms with Crippen LogP contribution in [0.15, 0.2) is 41.3 Å². The maximum atomic E-state index is 12.8. The zero-order chi connectivity index (χ0) is 25.5. The third kappa shape index (κ3) is 4.97. The van der Waals surface area contributed by atoms with Crippen molar-refractivity contribution in [2.75, 3.05) is 19.4 Å². The fourth-order valence-electron chi connectivity index (χ4n) is 4.34. The molecule has 0 fully saturated rings. The fourth-order valence-corrected chi connectivity index (χ4v) is 5.27. The normalized spacial score (nSPS) is 16.7. The molecule has 1 heterocycles. The molecule has 9 heteroatoms. The molecule has 3 aromatic rings. The first-order valence-electron chi connectivity index (χ1n) is 11.7. The first kappa shape index (κ1) is 24.9. The summed E-state index contributed by atoms with van der Waals surface area (Å²) in [6.45, 7) is 5.47. The molecule has 0 saturated carbocycles. The molecule has 2 N–H and O–H groups in total. The molecular formula is C26H31N3O5S. The van der Waals surface area contributed by atoms with Crippen LogP contribution in [0.25, 0.3) is 10.9 Å². The van der Waals surface area contributed by atoms with E-state index in [4.69, 9.17) is 4.74 Å². The van der Waals surface area contributed by atoms with Crippen LogP contribution < -0.4 is 5.32 Å². The molecule has 0 aliphatic heterocycles. The van der Waals surface area contributed by atoms with E-state index < -0.39 is 28.0 Å². The molecule has 0 bridgehead atoms. The molecule has 35 heavy (non-hydrogen) atoms. The van der Waals surface area contributed by atoms with Crippen LogP contribution in [-0.4, -0.2) is 49.8 Å². The summed E-state index contributed by atoms with van der Waals surface area (Å²) >= 11 is 0. The second-order valence-electron chi connectivity index (χ2n) is 9.49. The van der Waals surface area contributed by atoms with E-state index in [0.29, 0.717) is 22.7 Å². The lowest BCUT2D eigenvalue weighted by Crippen LogP contribution is -2.30. The number of carbonyl (C=O) groups excluding carboxylic acids is 2. The summed E-state index contributed by atoms with van der Waals surface area (Å²) in [5.74, 6) is -0.542. The van der Waals surface area contributed by atoms with Crippen LogP contribution in [0.4, 0.5) is 5.69 Å². The molecule has 186 valence electrons. The van der Waals surface area contributed by atoms with Crippen LogP contribution in [-0.2, 0) is 32.4 Å². The van der Waals surface area contributed by atoms with Crippen LogP contribution >= 0.6 is 0 Å². The number of ether oxygens (including phenoxy) is 1. The van der Waals surface area contributed by atoms with Gasteiger partial charge in [0.25, 0.3) is 5.91 Å². The Morgan fingerprint density at radius 2 is 1.91 bits per heavy atom. The molecule has 0 unspecified atom stereocenters. The summed E-state index contributed by atoms with van der Waals surface area (Å²) in [6, 6.07) is 9.91. The average Bonchev–Trinajstić information content (AvgIpc) is 3.17. The number of esters is 1. The van der Waals surface area contributed by atoms with Gasteiger partial charge >= 0.3 is 5.97 Å². The quantitative estimate of drug-likeness (QED) is 0.500. The van der Waals surface area contributed by atoms with Crippen LogP contribution in [0.1, 0.15) is 47.4 Å². The Morgan fingerprint density at radius 1 is 1.17 bits per heavy atom. The van der Waals surface area contributed by atoms with Crippen molar-refractivity contribution in [3.8, 4) is 0 Å². The minimum atomic E-state index is -3.66. The van der Waals surface area contributed by atoms with Gasteiger partial charge in [-0.05, 0) is 80.5 Å². The number of rotatable bonds is 6. The number of hydrogen-bond acceptors (Lipinski definition) is 5. The first-order chi connectivity index (χ1) is 16.5. The number of aromatic amines is 1. The predicted octanol–water partition coefficient (Wildman–Crippen LogP) is 4.04. The van der Waals surface area contributed by atoms with Crippen LogP contribution in [0.2, 0.25) is 0 Å². The molecule has 0 spiro atoms. The fraction of sp³-hybridized carbons (Fsp3) is 0.385. The topological polar surface area (TPSA) is 109 Å². The SMILES string of the molecule is Cc1ccc(S(=O)(=O)N(C)C)cc1NC(=O)[C@H](C)OC(=O)c1ccc2[nH]c3c(c2c1)C[C@H](C)CC3. The van der Waals surface area contributed by atoms with E-state index in [1.807, 2.05) is 12.1 Å². The first-order valence-corrected chi connectivity index (χ1v) is 13.1. The number of H-pyrrole nitrogens is 1. The smallest absolute Gasteiger partial charge is 0.338 e. The molecule has 2 atom stereocenters. The molecule has 0 radical (unpaired) electrons. The summed E-state index contributed by atoms with van der Waals surface area (Å²) in [4.78, 5) is 29.1. The van der Waals surface area contributed by atoms with Crippen molar-refractivity contribution >= 4 is 38.5 Å². The number of fused-ring (bicyclic) bond motifs is 3. The zero-order valence-electron chi connectivity index (χ0n) is 20.6. The number of carbonyl (C=O) groups is 2. The van der Waals surface area contributed by atoms with Gasteiger partial charge in [0.15, 0.2) is 6.10 Å². The van der Waals surface area contributed by atoms with Gasteiger partial charge in [-0.25, -0.2) is 17.5 Å². The Morgan fingerprint density at radius 3 is 2.63 bits per heavy atom. The summed E-state index contributed by atoms with van der Waals surface area (Å²) in [5, 5.41) is 3.71. The van der Waals surface area contributed by atoms with Gasteiger partial charge < -0.3 is 15.0 Å². The van der Waals surface area contributed by atoms with E-state index in [0.717, 1.165) is 34.5 Å². The van der Waals surface area contributed by atoms with E-state index in [9.17, 15) is 18.0 Å². The molecule has 1 amide bonds. The van der Waals surface area contributed by atoms with Gasteiger partial charge in [0, 0.05) is 36.4 Å². The summed E-state index contributed by atoms with van der Waals surface area (Å²) in [5.41, 5.74) is 4.89. The van der Waals surface area contributed by atoms with Gasteiger partial charge in [-0.3, -0.25) is 4.79 Å². The van der Waals surface area contributed by atoms with Gasteiger partial charge in [0.1, 0.15) is 0 Å². The van der Waals surface area contributed by atoms with Gasteiger partial charge in [0.2, 0.25) is 10.0 Å². The molecule has 0 saturated heterocycles. The van der Waals surface area contributed by atoms with Gasteiger partial charge in [-0.1, -0.05) is 13.0 Å². The Hall–Kier alpha value is -3.17. The van der Waals surface area contributed by atoms with E-state index in [2.05, 4.69) is 17.2 Å². The highest BCUT2D eigenvalue weighted by atomic mass is 32.2. The van der Waals surface area contributed by atoms with E-state index in [-0.39, 0.29) is 4.90 Å². The van der Waals surface area contributed by atoms with Crippen LogP contribution in [0.3, 0.4) is 0 Å². The number of benzene rings is 2. The van der Waals surface area contributed by atoms with Crippen molar-refractivity contribution in [3.63, 3.8) is 0 Å². The third-order valence-corrected chi connectivity index (χ3v) is 8.38. The van der Waals surface area contributed by atoms with Crippen molar-refractivity contribution in [2.24, 2.45) is 5.92 Å². The number of hydrogen-bond donors (Lipinski definition) is 2. The highest BCUT2D eigenvalue weighted by Gasteiger charge is 2.24. The highest BCUT2D eigenvalue weighted by Crippen LogP contribution is 2.32. The Bertz CT molecular complexity index is 1410. The van der Waals surface area contributed by atoms with Crippen LogP contribution in [0.5, 0.6) is 0 Å². The number of anilines is 1. The number of nitrogens with zero attached hydrogens (tertiary/aromatic N) is 1. The van der Waals surface area contributed by atoms with Crippen LogP contribution in [0, 0.1) is 12.8 Å². The minimum Gasteiger partial charge on any atom is -0.449 e. The Balaban J connectivity index is 1.49. The molecule has 1 aliphatic rings. The molecule has 1 aliphatic carbocycles. The maximum absolute atomic E-state index is 12.8. The largest absolute Gasteiger partial charge is 0.449 e. The number of sulfonamides is 1. The Labute approximate surface area is 205 Å². The van der Waals surface area contributed by atoms with Crippen molar-refractivity contribution in [2.45, 2.75) is 51.0 Å². The van der Waals surface area contributed by atoms with Crippen molar-refractivity contribution in [3.05, 3.63) is 58.8 Å². The number of amides is 1. The minimum absolute atomic E-state index is 0.0607. The zero-order valence-corrected chi connectivity index (χ0v) is 21.5. The molecule has 4 rings (SSSR count). The number of nitrogens with one attached hydrogen (secondary N) is 2. The van der Waals surface area contributed by atoms with Gasteiger partial charge in [0.05, 0.1) is 10.5 Å². The van der Waals surface area contributed by atoms with Crippen molar-refractivity contribution in [1.82, 2.24) is 9.29 Å². The monoisotopic (exact) mass is 497 g/mol. The van der Waals surface area contributed by atoms with E-state index in [1.165, 1.54) is 44.4 Å². The third-order valence-electron chi connectivity index (χ3n) is 6.57. The standard InChI is InChI=1S/C26H31N3O5S/c1-15-6-10-22-20(12-15)21-13-18(8-11-23(21)27-22)26(31)34-17(3)25(30)28-24-14-19(9-7-16(24)2)35(32,33)29(4)5/h7-9,11,13-15,17,27H,6,10,12H2,1-5H3,(H,28,30)/t15-,17+/m1/s1.